The van der Waals surface area contributed by atoms with Gasteiger partial charge in [0.1, 0.15) is 18.2 Å². The Kier molecular flexibility index (Phi) is 5.61. The van der Waals surface area contributed by atoms with Crippen LogP contribution in [0, 0.1) is 10.7 Å². The number of ether oxygens (including phenoxy) is 2. The van der Waals surface area contributed by atoms with Gasteiger partial charge >= 0.3 is 5.97 Å². The van der Waals surface area contributed by atoms with Gasteiger partial charge in [0, 0.05) is 6.20 Å². The van der Waals surface area contributed by atoms with E-state index in [1.807, 2.05) is 0 Å². The second-order valence-corrected chi connectivity index (χ2v) is 6.75. The molecule has 5 atom stereocenters. The lowest BCUT2D eigenvalue weighted by atomic mass is 10.1. The smallest absolute Gasteiger partial charge is 0.323 e. The molecule has 0 aromatic carbocycles. The van der Waals surface area contributed by atoms with Gasteiger partial charge in [-0.1, -0.05) is 13.8 Å². The molecule has 1 aliphatic rings. The maximum Gasteiger partial charge on any atom is 0.323 e. The highest BCUT2D eigenvalue weighted by molar-refractivity contribution is 7.71. The van der Waals surface area contributed by atoms with Crippen LogP contribution in [0.3, 0.4) is 0 Å². The summed E-state index contributed by atoms with van der Waals surface area (Å²) in [5, 5.41) is 29.6. The number of hydrogen-bond donors (Lipinski definition) is 5. The van der Waals surface area contributed by atoms with E-state index in [1.165, 1.54) is 0 Å². The number of aliphatic hydroxyl groups is 3. The quantitative estimate of drug-likeness (QED) is 0.288. The molecule has 1 fully saturated rings. The largest absolute Gasteiger partial charge is 0.458 e. The maximum absolute atomic E-state index is 15.4. The van der Waals surface area contributed by atoms with E-state index in [0.717, 1.165) is 10.8 Å². The molecule has 1 aromatic heterocycles. The number of hydrogen-bond acceptors (Lipinski definition) is 9. The Morgan fingerprint density at radius 3 is 2.81 bits per heavy atom. The van der Waals surface area contributed by atoms with Gasteiger partial charge in [0.25, 0.3) is 11.4 Å². The number of esters is 1. The molecular formula is C15H22FN3O7S. The molecule has 1 aliphatic heterocycles. The Balaban J connectivity index is 2.40. The van der Waals surface area contributed by atoms with Crippen molar-refractivity contribution in [1.29, 1.82) is 0 Å². The van der Waals surface area contributed by atoms with Crippen LogP contribution in [-0.2, 0) is 20.9 Å². The summed E-state index contributed by atoms with van der Waals surface area (Å²) in [7, 11) is 0. The van der Waals surface area contributed by atoms with Crippen molar-refractivity contribution in [2.75, 3.05) is 6.56 Å². The van der Waals surface area contributed by atoms with Gasteiger partial charge < -0.3 is 30.5 Å². The third-order valence-electron chi connectivity index (χ3n) is 4.06. The molecular weight excluding hydrogens is 385 g/mol. The highest BCUT2D eigenvalue weighted by Gasteiger charge is 2.57. The van der Waals surface area contributed by atoms with Crippen LogP contribution in [0.2, 0.25) is 0 Å². The number of carbonyl (C=O) groups excluding carboxylic acids is 1. The summed E-state index contributed by atoms with van der Waals surface area (Å²) in [4.78, 5) is 25.8. The number of H-pyrrole nitrogens is 1. The molecule has 0 saturated carbocycles. The van der Waals surface area contributed by atoms with Crippen molar-refractivity contribution in [2.24, 2.45) is 11.7 Å². The number of nitrogens with one attached hydrogen (secondary N) is 1. The van der Waals surface area contributed by atoms with Crippen LogP contribution >= 0.6 is 12.2 Å². The van der Waals surface area contributed by atoms with E-state index in [1.54, 1.807) is 13.8 Å². The fraction of sp³-hybridized carbons (Fsp3) is 0.667. The minimum absolute atomic E-state index is 0.211. The first-order chi connectivity index (χ1) is 13.3. The molecule has 0 bridgehead atoms. The number of nitrogens with zero attached hydrogens (tertiary/aromatic N) is 1. The van der Waals surface area contributed by atoms with E-state index < -0.39 is 60.9 Å². The number of aliphatic hydroxyl groups excluding tert-OH is 3. The van der Waals surface area contributed by atoms with Crippen molar-refractivity contribution in [3.63, 3.8) is 0 Å². The number of aromatic nitrogens is 2. The molecule has 0 spiro atoms. The van der Waals surface area contributed by atoms with Gasteiger partial charge in [-0.2, -0.15) is 0 Å². The minimum Gasteiger partial charge on any atom is -0.458 e. The first-order valence-corrected chi connectivity index (χ1v) is 8.34. The van der Waals surface area contributed by atoms with Crippen molar-refractivity contribution in [3.05, 3.63) is 26.9 Å². The molecule has 27 heavy (non-hydrogen) atoms. The SMILES string of the molecule is [2H]C([2H])(OC(=O)[C@@H](N)C(C)C)[C@@]1(F)O[C@@H](n2cc(CO)c(=O)[nH]c2=S)[C@H](O)[C@@H]1O. The van der Waals surface area contributed by atoms with Crippen molar-refractivity contribution in [1.82, 2.24) is 9.55 Å². The van der Waals surface area contributed by atoms with Gasteiger partial charge in [-0.3, -0.25) is 19.1 Å². The maximum atomic E-state index is 15.4. The second-order valence-electron chi connectivity index (χ2n) is 6.36. The number of rotatable bonds is 6. The third-order valence-corrected chi connectivity index (χ3v) is 4.37. The standard InChI is InChI=1S/C15H22FN3O7S/c1-6(2)8(17)13(24)25-5-15(16)10(22)9(21)12(26-15)19-3-7(4-20)11(23)18-14(19)27/h3,6,8-10,12,20-22H,4-5,17H2,1-2H3,(H,18,23,27)/t8-,9+,10-,12+,15+/m0/s1/i5D2. The third kappa shape index (κ3) is 4.25. The number of alkyl halides is 1. The molecule has 1 saturated heterocycles. The fourth-order valence-corrected chi connectivity index (χ4v) is 2.53. The zero-order chi connectivity index (χ0) is 22.3. The molecule has 10 nitrogen and oxygen atoms in total. The van der Waals surface area contributed by atoms with Gasteiger partial charge in [0.2, 0.25) is 0 Å². The number of aromatic amines is 1. The van der Waals surface area contributed by atoms with Gasteiger partial charge in [0.15, 0.2) is 17.6 Å². The van der Waals surface area contributed by atoms with Crippen LogP contribution in [0.4, 0.5) is 4.39 Å². The van der Waals surface area contributed by atoms with Crippen LogP contribution < -0.4 is 11.3 Å². The van der Waals surface area contributed by atoms with E-state index >= 15 is 4.39 Å². The van der Waals surface area contributed by atoms with Crippen molar-refractivity contribution in [2.45, 2.75) is 50.8 Å². The van der Waals surface area contributed by atoms with Crippen molar-refractivity contribution < 1.29 is 36.7 Å². The molecule has 2 heterocycles. The first kappa shape index (κ1) is 18.7. The van der Waals surface area contributed by atoms with Crippen LogP contribution in [0.5, 0.6) is 0 Å². The second kappa shape index (κ2) is 8.12. The van der Waals surface area contributed by atoms with Gasteiger partial charge in [0.05, 0.1) is 14.9 Å². The van der Waals surface area contributed by atoms with E-state index in [0.29, 0.717) is 0 Å². The van der Waals surface area contributed by atoms with E-state index in [2.05, 4.69) is 9.72 Å². The summed E-state index contributed by atoms with van der Waals surface area (Å²) in [6.45, 7) is -1.15. The van der Waals surface area contributed by atoms with Crippen LogP contribution in [0.25, 0.3) is 0 Å². The Hall–Kier alpha value is -1.70. The monoisotopic (exact) mass is 409 g/mol. The predicted octanol–water partition coefficient (Wildman–Crippen LogP) is -1.16. The summed E-state index contributed by atoms with van der Waals surface area (Å²) >= 11 is 4.91. The summed E-state index contributed by atoms with van der Waals surface area (Å²) in [6.07, 6.45) is -5.42. The fourth-order valence-electron chi connectivity index (χ4n) is 2.29. The number of carbonyl (C=O) groups is 1. The highest BCUT2D eigenvalue weighted by Crippen LogP contribution is 2.38. The molecule has 0 aliphatic carbocycles. The normalized spacial score (nSPS) is 30.7. The topological polar surface area (TPSA) is 160 Å². The Morgan fingerprint density at radius 1 is 1.63 bits per heavy atom. The molecule has 0 unspecified atom stereocenters. The molecule has 6 N–H and O–H groups in total. The summed E-state index contributed by atoms with van der Waals surface area (Å²) < 4.78 is 40.9. The number of halogens is 1. The lowest BCUT2D eigenvalue weighted by Gasteiger charge is -2.24. The summed E-state index contributed by atoms with van der Waals surface area (Å²) in [5.41, 5.74) is 4.62. The number of nitrogens with two attached hydrogens (primary N) is 1. The van der Waals surface area contributed by atoms with E-state index in [9.17, 15) is 24.9 Å². The zero-order valence-electron chi connectivity index (χ0n) is 16.5. The molecule has 152 valence electrons. The molecule has 1 aromatic rings. The predicted molar refractivity (Wildman–Crippen MR) is 91.6 cm³/mol. The molecule has 0 radical (unpaired) electrons. The van der Waals surface area contributed by atoms with Crippen LogP contribution in [-0.4, -0.2) is 61.5 Å². The van der Waals surface area contributed by atoms with Crippen molar-refractivity contribution in [3.8, 4) is 0 Å². The lowest BCUT2D eigenvalue weighted by Crippen LogP contribution is -2.46. The Labute approximate surface area is 161 Å². The van der Waals surface area contributed by atoms with E-state index in [-0.39, 0.29) is 10.3 Å². The van der Waals surface area contributed by atoms with Crippen LogP contribution in [0.1, 0.15) is 28.4 Å². The Bertz CT molecular complexity index is 895. The first-order valence-electron chi connectivity index (χ1n) is 8.93. The van der Waals surface area contributed by atoms with Gasteiger partial charge in [-0.05, 0) is 18.1 Å². The summed E-state index contributed by atoms with van der Waals surface area (Å²) in [6, 6.07) is -1.27. The van der Waals surface area contributed by atoms with Gasteiger partial charge in [-0.25, -0.2) is 4.39 Å². The minimum atomic E-state index is -3.70. The summed E-state index contributed by atoms with van der Waals surface area (Å²) in [5.74, 6) is -5.43. The average molecular weight is 409 g/mol. The van der Waals surface area contributed by atoms with E-state index in [4.69, 9.17) is 25.4 Å². The molecule has 2 rings (SSSR count). The average Bonchev–Trinajstić information content (AvgIpc) is 2.86. The lowest BCUT2D eigenvalue weighted by molar-refractivity contribution is -0.217. The van der Waals surface area contributed by atoms with Gasteiger partial charge in [-0.15, -0.1) is 0 Å². The van der Waals surface area contributed by atoms with Crippen molar-refractivity contribution >= 4 is 18.2 Å². The Morgan fingerprint density at radius 2 is 2.26 bits per heavy atom. The molecule has 0 amide bonds. The molecule has 12 heteroatoms. The highest BCUT2D eigenvalue weighted by atomic mass is 32.1. The van der Waals surface area contributed by atoms with Crippen LogP contribution in [0.15, 0.2) is 11.0 Å². The zero-order valence-corrected chi connectivity index (χ0v) is 15.3.